The van der Waals surface area contributed by atoms with Gasteiger partial charge in [-0.1, -0.05) is 62.4 Å². The molecule has 1 aliphatic rings. The van der Waals surface area contributed by atoms with Crippen LogP contribution in [0.5, 0.6) is 0 Å². The largest absolute Gasteiger partial charge is 0.454 e. The van der Waals surface area contributed by atoms with Crippen LogP contribution in [0, 0.1) is 5.41 Å². The molecule has 0 fully saturated rings. The maximum atomic E-state index is 6.43. The van der Waals surface area contributed by atoms with Crippen molar-refractivity contribution in [2.45, 2.75) is 33.4 Å². The van der Waals surface area contributed by atoms with Crippen molar-refractivity contribution in [2.75, 3.05) is 0 Å². The monoisotopic (exact) mass is 288 g/mol. The second-order valence-electron chi connectivity index (χ2n) is 6.21. The minimum Gasteiger partial charge on any atom is -0.454 e. The van der Waals surface area contributed by atoms with E-state index in [-0.39, 0.29) is 5.41 Å². The second-order valence-corrected chi connectivity index (χ2v) is 11.5. The fourth-order valence-corrected chi connectivity index (χ4v) is 7.77. The molecule has 0 radical (unpaired) electrons. The van der Waals surface area contributed by atoms with E-state index in [0.717, 1.165) is 6.42 Å². The van der Waals surface area contributed by atoms with Gasteiger partial charge in [0.05, 0.1) is 0 Å². The fraction of sp³-hybridized carbons (Fsp3) is 0.375. The van der Waals surface area contributed by atoms with Crippen molar-refractivity contribution >= 4 is 23.3 Å². The van der Waals surface area contributed by atoms with Crippen molar-refractivity contribution in [3.05, 3.63) is 53.8 Å². The number of rotatable bonds is 4. The van der Waals surface area contributed by atoms with Gasteiger partial charge in [-0.25, -0.2) is 0 Å². The van der Waals surface area contributed by atoms with Gasteiger partial charge >= 0.3 is 0 Å². The van der Waals surface area contributed by atoms with Gasteiger partial charge in [0.2, 0.25) is 9.04 Å². The van der Waals surface area contributed by atoms with Gasteiger partial charge in [-0.05, 0) is 35.3 Å². The summed E-state index contributed by atoms with van der Waals surface area (Å²) in [7, 11) is -2.50. The van der Waals surface area contributed by atoms with Crippen LogP contribution in [0.3, 0.4) is 0 Å². The smallest absolute Gasteiger partial charge is 0.227 e. The van der Waals surface area contributed by atoms with Crippen molar-refractivity contribution in [3.63, 3.8) is 0 Å². The van der Waals surface area contributed by atoms with E-state index in [4.69, 9.17) is 4.12 Å². The summed E-state index contributed by atoms with van der Waals surface area (Å²) in [4.78, 5) is 0. The van der Waals surface area contributed by atoms with E-state index in [2.05, 4.69) is 75.5 Å². The summed E-state index contributed by atoms with van der Waals surface area (Å²) < 4.78 is 6.43. The van der Waals surface area contributed by atoms with E-state index in [1.54, 1.807) is 0 Å². The van der Waals surface area contributed by atoms with E-state index >= 15 is 0 Å². The maximum absolute atomic E-state index is 6.43. The Balaban J connectivity index is 2.33. The molecule has 0 saturated heterocycles. The lowest BCUT2D eigenvalue weighted by molar-refractivity contribution is 0.481. The van der Waals surface area contributed by atoms with E-state index < -0.39 is 18.1 Å². The van der Waals surface area contributed by atoms with Crippen LogP contribution < -0.4 is 5.19 Å². The van der Waals surface area contributed by atoms with Crippen LogP contribution in [-0.4, -0.2) is 18.1 Å². The Bertz CT molecular complexity index is 475. The molecule has 3 heteroatoms. The summed E-state index contributed by atoms with van der Waals surface area (Å²) in [6, 6.07) is 10.8. The van der Waals surface area contributed by atoms with Gasteiger partial charge in [0.15, 0.2) is 9.04 Å². The predicted molar refractivity (Wildman–Crippen MR) is 88.8 cm³/mol. The molecule has 0 aliphatic heterocycles. The molecule has 0 heterocycles. The number of allylic oxidation sites excluding steroid dienone is 4. The van der Waals surface area contributed by atoms with Crippen molar-refractivity contribution in [3.8, 4) is 0 Å². The number of hydrogen-bond donors (Lipinski definition) is 0. The van der Waals surface area contributed by atoms with Gasteiger partial charge < -0.3 is 4.12 Å². The zero-order chi connectivity index (χ0) is 13.9. The standard InChI is InChI=1S/C16H24OSi2/c1-16(2)12-8-11-15(13-16)19(17-18(3)4)14-9-6-5-7-10-14/h5-11,13,18-19H,12H2,1-4H3. The summed E-state index contributed by atoms with van der Waals surface area (Å²) in [5.74, 6) is 0. The summed E-state index contributed by atoms with van der Waals surface area (Å²) in [5, 5.41) is 2.85. The normalized spacial score (nSPS) is 19.3. The molecule has 0 N–H and O–H groups in total. The van der Waals surface area contributed by atoms with Crippen LogP contribution in [0.1, 0.15) is 20.3 Å². The van der Waals surface area contributed by atoms with Gasteiger partial charge in [0.1, 0.15) is 0 Å². The SMILES string of the molecule is C[SiH](C)O[SiH](C1=CC(C)(C)CC=C1)c1ccccc1. The summed E-state index contributed by atoms with van der Waals surface area (Å²) in [5.41, 5.74) is 0.270. The lowest BCUT2D eigenvalue weighted by Gasteiger charge is -2.28. The first-order chi connectivity index (χ1) is 8.98. The Morgan fingerprint density at radius 2 is 1.79 bits per heavy atom. The molecule has 1 nitrogen and oxygen atoms in total. The average molecular weight is 289 g/mol. The number of hydrogen-bond acceptors (Lipinski definition) is 1. The summed E-state index contributed by atoms with van der Waals surface area (Å²) in [6.45, 7) is 9.14. The molecule has 0 aromatic heterocycles. The number of benzene rings is 1. The molecule has 1 aromatic rings. The van der Waals surface area contributed by atoms with Crippen LogP contribution in [-0.2, 0) is 4.12 Å². The Morgan fingerprint density at radius 3 is 2.37 bits per heavy atom. The molecule has 2 rings (SSSR count). The molecule has 1 atom stereocenters. The van der Waals surface area contributed by atoms with E-state index in [0.29, 0.717) is 0 Å². The first-order valence-electron chi connectivity index (χ1n) is 7.08. The van der Waals surface area contributed by atoms with Crippen molar-refractivity contribution in [1.82, 2.24) is 0 Å². The molecule has 1 aliphatic carbocycles. The third kappa shape index (κ3) is 4.03. The highest BCUT2D eigenvalue weighted by Gasteiger charge is 2.25. The molecular formula is C16H24OSi2. The predicted octanol–water partition coefficient (Wildman–Crippen LogP) is 3.07. The lowest BCUT2D eigenvalue weighted by Crippen LogP contribution is -2.40. The Hall–Kier alpha value is -0.906. The highest BCUT2D eigenvalue weighted by molar-refractivity contribution is 6.80. The lowest BCUT2D eigenvalue weighted by atomic mass is 9.86. The Morgan fingerprint density at radius 1 is 1.11 bits per heavy atom. The van der Waals surface area contributed by atoms with Gasteiger partial charge in [-0.3, -0.25) is 0 Å². The molecule has 0 bridgehead atoms. The minimum absolute atomic E-state index is 0.270. The summed E-state index contributed by atoms with van der Waals surface area (Å²) in [6.07, 6.45) is 8.18. The molecule has 1 unspecified atom stereocenters. The molecule has 0 saturated carbocycles. The van der Waals surface area contributed by atoms with Crippen LogP contribution in [0.4, 0.5) is 0 Å². The van der Waals surface area contributed by atoms with Gasteiger partial charge in [0.25, 0.3) is 0 Å². The molecule has 1 aromatic carbocycles. The molecule has 102 valence electrons. The zero-order valence-electron chi connectivity index (χ0n) is 12.4. The fourth-order valence-electron chi connectivity index (χ4n) is 2.47. The second kappa shape index (κ2) is 6.03. The van der Waals surface area contributed by atoms with Crippen molar-refractivity contribution < 1.29 is 4.12 Å². The topological polar surface area (TPSA) is 9.23 Å². The average Bonchev–Trinajstić information content (AvgIpc) is 2.35. The third-order valence-electron chi connectivity index (χ3n) is 3.32. The zero-order valence-corrected chi connectivity index (χ0v) is 14.7. The summed E-state index contributed by atoms with van der Waals surface area (Å²) >= 11 is 0. The van der Waals surface area contributed by atoms with Gasteiger partial charge in [-0.15, -0.1) is 0 Å². The Labute approximate surface area is 120 Å². The van der Waals surface area contributed by atoms with Gasteiger partial charge in [0, 0.05) is 0 Å². The first-order valence-corrected chi connectivity index (χ1v) is 11.5. The molecule has 0 spiro atoms. The van der Waals surface area contributed by atoms with Crippen LogP contribution in [0.15, 0.2) is 53.8 Å². The third-order valence-corrected chi connectivity index (χ3v) is 8.55. The van der Waals surface area contributed by atoms with Crippen molar-refractivity contribution in [2.24, 2.45) is 5.41 Å². The highest BCUT2D eigenvalue weighted by atomic mass is 28.4. The highest BCUT2D eigenvalue weighted by Crippen LogP contribution is 2.29. The quantitative estimate of drug-likeness (QED) is 0.774. The minimum atomic E-state index is -1.48. The molecular weight excluding hydrogens is 264 g/mol. The molecule has 19 heavy (non-hydrogen) atoms. The first kappa shape index (κ1) is 14.5. The van der Waals surface area contributed by atoms with E-state index in [1.807, 2.05) is 0 Å². The van der Waals surface area contributed by atoms with Crippen LogP contribution >= 0.6 is 0 Å². The maximum Gasteiger partial charge on any atom is 0.227 e. The van der Waals surface area contributed by atoms with E-state index in [1.165, 1.54) is 10.4 Å². The Kier molecular flexibility index (Phi) is 4.60. The van der Waals surface area contributed by atoms with Gasteiger partial charge in [-0.2, -0.15) is 0 Å². The van der Waals surface area contributed by atoms with Crippen LogP contribution in [0.25, 0.3) is 0 Å². The molecule has 0 amide bonds. The van der Waals surface area contributed by atoms with Crippen LogP contribution in [0.2, 0.25) is 13.1 Å². The van der Waals surface area contributed by atoms with Crippen molar-refractivity contribution in [1.29, 1.82) is 0 Å². The van der Waals surface area contributed by atoms with E-state index in [9.17, 15) is 0 Å².